The van der Waals surface area contributed by atoms with E-state index in [0.29, 0.717) is 64.3 Å². The van der Waals surface area contributed by atoms with Gasteiger partial charge in [-0.3, -0.25) is 9.59 Å². The number of aliphatic hydroxyl groups excluding tert-OH is 1. The first kappa shape index (κ1) is 36.3. The number of hydrogen-bond acceptors (Lipinski definition) is 10. The van der Waals surface area contributed by atoms with E-state index in [9.17, 15) is 14.4 Å². The molecule has 0 fully saturated rings. The summed E-state index contributed by atoms with van der Waals surface area (Å²) in [5, 5.41) is 11.3. The first-order valence-corrected chi connectivity index (χ1v) is 17.4. The first-order chi connectivity index (χ1) is 24.6. The molecular formula is C39H46N2O9S. The fraction of sp³-hybridized carbons (Fsp3) is 0.436. The summed E-state index contributed by atoms with van der Waals surface area (Å²) < 4.78 is 36.2. The number of benzene rings is 3. The van der Waals surface area contributed by atoms with Crippen molar-refractivity contribution in [3.63, 3.8) is 0 Å². The molecule has 12 heteroatoms. The Hall–Kier alpha value is -4.52. The summed E-state index contributed by atoms with van der Waals surface area (Å²) in [4.78, 5) is 39.2. The van der Waals surface area contributed by atoms with E-state index in [0.717, 1.165) is 19.3 Å². The average molecular weight is 720 g/mol. The third kappa shape index (κ3) is 8.19. The van der Waals surface area contributed by atoms with Crippen LogP contribution in [-0.4, -0.2) is 56.4 Å². The van der Waals surface area contributed by atoms with E-state index in [4.69, 9.17) is 37.3 Å². The number of unbranched alkanes of at least 4 members (excludes halogenated alkanes) is 1. The molecule has 3 aromatic rings. The Bertz CT molecular complexity index is 1770. The number of carbonyl (C=O) groups excluding carboxylic acids is 3. The van der Waals surface area contributed by atoms with Crippen LogP contribution >= 0.6 is 12.2 Å². The van der Waals surface area contributed by atoms with Gasteiger partial charge in [0.2, 0.25) is 1.43 Å². The molecule has 0 aromatic heterocycles. The number of methoxy groups -OCH3 is 1. The number of nitrogens with one attached hydrogen (secondary N) is 2. The van der Waals surface area contributed by atoms with Gasteiger partial charge in [0.15, 0.2) is 10.7 Å². The van der Waals surface area contributed by atoms with Crippen molar-refractivity contribution in [1.82, 2.24) is 5.32 Å². The van der Waals surface area contributed by atoms with Crippen LogP contribution in [-0.2, 0) is 24.7 Å². The molecule has 0 amide bonds. The minimum absolute atomic E-state index is 0.165. The molecule has 0 aliphatic carbocycles. The zero-order valence-corrected chi connectivity index (χ0v) is 30.9. The molecule has 3 aromatic carbocycles. The van der Waals surface area contributed by atoms with Gasteiger partial charge in [0.25, 0.3) is 0 Å². The van der Waals surface area contributed by atoms with Crippen LogP contribution in [0.3, 0.4) is 0 Å². The molecule has 2 aliphatic heterocycles. The molecule has 1 unspecified atom stereocenters. The van der Waals surface area contributed by atoms with Crippen LogP contribution < -0.4 is 24.8 Å². The fourth-order valence-corrected chi connectivity index (χ4v) is 6.02. The van der Waals surface area contributed by atoms with Crippen molar-refractivity contribution in [3.8, 4) is 23.0 Å². The van der Waals surface area contributed by atoms with Gasteiger partial charge in [-0.2, -0.15) is 0 Å². The topological polar surface area (TPSA) is 142 Å². The zero-order chi connectivity index (χ0) is 37.8. The molecule has 5 rings (SSSR count). The third-order valence-corrected chi connectivity index (χ3v) is 8.86. The van der Waals surface area contributed by atoms with Crippen LogP contribution in [0, 0.1) is 16.7 Å². The number of thiocarbonyl (C=S) groups is 1. The molecular weight excluding hydrogens is 673 g/mol. The second-order valence-electron chi connectivity index (χ2n) is 14.9. The van der Waals surface area contributed by atoms with Crippen LogP contribution in [0.25, 0.3) is 0 Å². The number of esters is 3. The lowest BCUT2D eigenvalue weighted by Gasteiger charge is -2.36. The molecule has 11 nitrogen and oxygen atoms in total. The minimum atomic E-state index is -1.42. The highest BCUT2D eigenvalue weighted by molar-refractivity contribution is 7.80. The van der Waals surface area contributed by atoms with Crippen LogP contribution in [0.1, 0.15) is 87.9 Å². The molecule has 1 spiro atoms. The Labute approximate surface area is 305 Å². The number of anilines is 1. The van der Waals surface area contributed by atoms with Crippen LogP contribution in [0.2, 0.25) is 0 Å². The van der Waals surface area contributed by atoms with Gasteiger partial charge in [-0.05, 0) is 103 Å². The minimum Gasteiger partial charge on any atom is -0.456 e. The molecule has 2 aliphatic rings. The van der Waals surface area contributed by atoms with E-state index >= 15 is 0 Å². The molecule has 51 heavy (non-hydrogen) atoms. The van der Waals surface area contributed by atoms with Gasteiger partial charge in [0.1, 0.15) is 23.0 Å². The monoisotopic (exact) mass is 719 g/mol. The molecule has 0 saturated heterocycles. The maximum atomic E-state index is 13.7. The summed E-state index contributed by atoms with van der Waals surface area (Å²) >= 11 is 5.54. The van der Waals surface area contributed by atoms with Gasteiger partial charge in [0, 0.05) is 60.7 Å². The lowest BCUT2D eigenvalue weighted by Crippen LogP contribution is -2.33. The van der Waals surface area contributed by atoms with Crippen molar-refractivity contribution < 1.29 is 43.2 Å². The number of aliphatic hydroxyl groups is 1. The van der Waals surface area contributed by atoms with Crippen LogP contribution in [0.4, 0.5) is 5.69 Å². The number of hydrogen-bond donors (Lipinski definition) is 3. The van der Waals surface area contributed by atoms with Gasteiger partial charge in [0.05, 0.1) is 23.0 Å². The molecule has 272 valence electrons. The molecule has 2 heterocycles. The second-order valence-corrected chi connectivity index (χ2v) is 15.3. The highest BCUT2D eigenvalue weighted by atomic mass is 32.1. The van der Waals surface area contributed by atoms with E-state index in [2.05, 4.69) is 15.7 Å². The van der Waals surface area contributed by atoms with Crippen LogP contribution in [0.15, 0.2) is 54.6 Å². The fourth-order valence-electron chi connectivity index (χ4n) is 5.80. The Morgan fingerprint density at radius 3 is 2.04 bits per heavy atom. The van der Waals surface area contributed by atoms with Crippen molar-refractivity contribution in [2.24, 2.45) is 16.7 Å². The van der Waals surface area contributed by atoms with Crippen molar-refractivity contribution in [1.29, 1.82) is 1.43 Å². The van der Waals surface area contributed by atoms with Crippen molar-refractivity contribution in [2.75, 3.05) is 32.2 Å². The van der Waals surface area contributed by atoms with Gasteiger partial charge >= 0.3 is 17.9 Å². The largest absolute Gasteiger partial charge is 0.456 e. The predicted octanol–water partition coefficient (Wildman–Crippen LogP) is 6.87. The SMILES string of the molecule is [2H]OCC(CCCCNC(=S)Nc1ccc2c(c1)C(=O)OC21c2ccc(OC(=O)C(C)(C)C)cc2Oc2cc(OC(=O)C(C)(C)C)ccc21)COC. The zero-order valence-electron chi connectivity index (χ0n) is 31.1. The second kappa shape index (κ2) is 15.0. The van der Waals surface area contributed by atoms with Gasteiger partial charge < -0.3 is 39.4 Å². The highest BCUT2D eigenvalue weighted by Crippen LogP contribution is 2.57. The molecule has 0 radical (unpaired) electrons. The standard InChI is InChI=1S/C39H46N2O9S/c1-37(2,3)34(44)47-25-12-15-29-31(19-25)49-32-20-26(48-35(45)38(4,5)6)13-16-30(32)39(29)28-14-11-24(18-27(28)33(43)50-39)41-36(51)40-17-9-8-10-23(21-42)22-46-7/h11-16,18-20,23,42H,8-10,17,21-22H2,1-7H3,(H2,40,41,51)/i42D. The number of carbonyl (C=O) groups is 3. The molecule has 1 atom stereocenters. The summed E-state index contributed by atoms with van der Waals surface area (Å²) in [7, 11) is 1.64. The normalized spacial score (nSPS) is 15.0. The van der Waals surface area contributed by atoms with E-state index in [1.165, 1.54) is 0 Å². The molecule has 0 saturated carbocycles. The van der Waals surface area contributed by atoms with Crippen molar-refractivity contribution in [2.45, 2.75) is 66.4 Å². The van der Waals surface area contributed by atoms with Gasteiger partial charge in [-0.1, -0.05) is 12.5 Å². The summed E-state index contributed by atoms with van der Waals surface area (Å²) in [5.41, 5.74) is -0.341. The highest BCUT2D eigenvalue weighted by Gasteiger charge is 2.54. The van der Waals surface area contributed by atoms with E-state index in [1.807, 2.05) is 12.1 Å². The lowest BCUT2D eigenvalue weighted by atomic mass is 9.77. The smallest absolute Gasteiger partial charge is 0.340 e. The quantitative estimate of drug-likeness (QED) is 0.0779. The number of rotatable bonds is 12. The van der Waals surface area contributed by atoms with Crippen LogP contribution in [0.5, 0.6) is 23.0 Å². The van der Waals surface area contributed by atoms with Crippen molar-refractivity contribution >= 4 is 40.9 Å². The molecule has 0 bridgehead atoms. The van der Waals surface area contributed by atoms with Crippen molar-refractivity contribution in [3.05, 3.63) is 76.9 Å². The first-order valence-electron chi connectivity index (χ1n) is 17.4. The van der Waals surface area contributed by atoms with E-state index in [-0.39, 0.29) is 17.4 Å². The van der Waals surface area contributed by atoms with Gasteiger partial charge in [-0.15, -0.1) is 0 Å². The summed E-state index contributed by atoms with van der Waals surface area (Å²) in [6.45, 7) is 12.1. The average Bonchev–Trinajstić information content (AvgIpc) is 3.35. The number of fused-ring (bicyclic) bond motifs is 6. The third-order valence-electron chi connectivity index (χ3n) is 8.62. The van der Waals surface area contributed by atoms with E-state index < -0.39 is 34.3 Å². The maximum absolute atomic E-state index is 13.7. The Kier molecular flexibility index (Phi) is 10.7. The molecule has 3 N–H and O–H groups in total. The Balaban J connectivity index is 1.42. The summed E-state index contributed by atoms with van der Waals surface area (Å²) in [6, 6.07) is 15.2. The van der Waals surface area contributed by atoms with Gasteiger partial charge in [-0.25, -0.2) is 4.79 Å². The number of ether oxygens (including phenoxy) is 5. The summed E-state index contributed by atoms with van der Waals surface area (Å²) in [6.07, 6.45) is 2.63. The lowest BCUT2D eigenvalue weighted by molar-refractivity contribution is -0.143. The predicted molar refractivity (Wildman–Crippen MR) is 195 cm³/mol. The van der Waals surface area contributed by atoms with E-state index in [1.54, 1.807) is 91.1 Å². The summed E-state index contributed by atoms with van der Waals surface area (Å²) in [5.74, 6) is -0.108. The maximum Gasteiger partial charge on any atom is 0.340 e. The Morgan fingerprint density at radius 1 is 0.902 bits per heavy atom. The Morgan fingerprint density at radius 2 is 1.49 bits per heavy atom.